The van der Waals surface area contributed by atoms with Crippen LogP contribution in [0.15, 0.2) is 18.3 Å². The Morgan fingerprint density at radius 1 is 1.40 bits per heavy atom. The first-order valence-electron chi connectivity index (χ1n) is 6.05. The van der Waals surface area contributed by atoms with Crippen LogP contribution in [0.5, 0.6) is 0 Å². The number of nitrogens with one attached hydrogen (secondary N) is 1. The second-order valence-corrected chi connectivity index (χ2v) is 4.36. The zero-order chi connectivity index (χ0) is 10.5. The number of aromatic nitrogens is 1. The molecule has 1 aromatic rings. The van der Waals surface area contributed by atoms with E-state index in [0.29, 0.717) is 6.04 Å². The van der Waals surface area contributed by atoms with Crippen molar-refractivity contribution in [2.75, 3.05) is 6.54 Å². The molecule has 1 atom stereocenters. The fourth-order valence-corrected chi connectivity index (χ4v) is 2.14. The minimum absolute atomic E-state index is 0.652. The molecule has 2 heterocycles. The van der Waals surface area contributed by atoms with E-state index in [9.17, 15) is 0 Å². The minimum atomic E-state index is 0.652. The molecule has 0 saturated carbocycles. The molecule has 2 nitrogen and oxygen atoms in total. The number of hydrogen-bond acceptors (Lipinski definition) is 2. The van der Waals surface area contributed by atoms with Gasteiger partial charge in [0, 0.05) is 24.4 Å². The van der Waals surface area contributed by atoms with Crippen LogP contribution in [-0.2, 0) is 12.8 Å². The number of pyridine rings is 1. The van der Waals surface area contributed by atoms with Gasteiger partial charge in [0.1, 0.15) is 0 Å². The van der Waals surface area contributed by atoms with Crippen molar-refractivity contribution in [1.82, 2.24) is 10.3 Å². The van der Waals surface area contributed by atoms with E-state index in [0.717, 1.165) is 12.8 Å². The van der Waals surface area contributed by atoms with E-state index in [4.69, 9.17) is 0 Å². The van der Waals surface area contributed by atoms with Gasteiger partial charge in [-0.1, -0.05) is 19.4 Å². The highest BCUT2D eigenvalue weighted by Crippen LogP contribution is 2.11. The van der Waals surface area contributed by atoms with Gasteiger partial charge < -0.3 is 5.32 Å². The van der Waals surface area contributed by atoms with Crippen molar-refractivity contribution in [2.24, 2.45) is 0 Å². The maximum atomic E-state index is 4.50. The van der Waals surface area contributed by atoms with Gasteiger partial charge in [0.25, 0.3) is 0 Å². The van der Waals surface area contributed by atoms with E-state index >= 15 is 0 Å². The first-order chi connectivity index (χ1) is 7.38. The zero-order valence-electron chi connectivity index (χ0n) is 9.50. The van der Waals surface area contributed by atoms with Gasteiger partial charge >= 0.3 is 0 Å². The fraction of sp³-hybridized carbons (Fsp3) is 0.615. The van der Waals surface area contributed by atoms with Gasteiger partial charge in [-0.05, 0) is 37.4 Å². The highest BCUT2D eigenvalue weighted by molar-refractivity contribution is 5.14. The number of piperidine rings is 1. The standard InChI is InChI=1S/C13H20N2/c1-2-11-6-7-13(15-10-11)9-12-5-3-4-8-14-12/h6-7,10,12,14H,2-5,8-9H2,1H3/t12-/m1/s1. The molecular formula is C13H20N2. The van der Waals surface area contributed by atoms with Crippen LogP contribution in [0.1, 0.15) is 37.4 Å². The van der Waals surface area contributed by atoms with Gasteiger partial charge in [-0.3, -0.25) is 4.98 Å². The van der Waals surface area contributed by atoms with Crippen molar-refractivity contribution in [3.8, 4) is 0 Å². The lowest BCUT2D eigenvalue weighted by Crippen LogP contribution is -2.35. The molecule has 2 heteroatoms. The summed E-state index contributed by atoms with van der Waals surface area (Å²) in [5.41, 5.74) is 2.56. The van der Waals surface area contributed by atoms with E-state index in [-0.39, 0.29) is 0 Å². The predicted molar refractivity (Wildman–Crippen MR) is 63.0 cm³/mol. The van der Waals surface area contributed by atoms with Crippen LogP contribution in [0.4, 0.5) is 0 Å². The van der Waals surface area contributed by atoms with Crippen LogP contribution in [0.2, 0.25) is 0 Å². The Kier molecular flexibility index (Phi) is 3.73. The molecule has 0 bridgehead atoms. The predicted octanol–water partition coefficient (Wildman–Crippen LogP) is 2.33. The van der Waals surface area contributed by atoms with Crippen LogP contribution < -0.4 is 5.32 Å². The lowest BCUT2D eigenvalue weighted by molar-refractivity contribution is 0.397. The Hall–Kier alpha value is -0.890. The van der Waals surface area contributed by atoms with Crippen LogP contribution in [0.25, 0.3) is 0 Å². The van der Waals surface area contributed by atoms with Gasteiger partial charge in [-0.15, -0.1) is 0 Å². The molecule has 0 amide bonds. The average Bonchev–Trinajstić information content (AvgIpc) is 2.31. The van der Waals surface area contributed by atoms with Gasteiger partial charge in [-0.25, -0.2) is 0 Å². The van der Waals surface area contributed by atoms with Gasteiger partial charge in [0.15, 0.2) is 0 Å². The molecule has 0 radical (unpaired) electrons. The van der Waals surface area contributed by atoms with E-state index in [1.54, 1.807) is 0 Å². The number of nitrogens with zero attached hydrogens (tertiary/aromatic N) is 1. The summed E-state index contributed by atoms with van der Waals surface area (Å²) in [7, 11) is 0. The summed E-state index contributed by atoms with van der Waals surface area (Å²) in [6.07, 6.45) is 8.18. The number of aryl methyl sites for hydroxylation is 1. The highest BCUT2D eigenvalue weighted by atomic mass is 14.9. The lowest BCUT2D eigenvalue weighted by Gasteiger charge is -2.23. The largest absolute Gasteiger partial charge is 0.314 e. The van der Waals surface area contributed by atoms with Crippen LogP contribution in [0, 0.1) is 0 Å². The summed E-state index contributed by atoms with van der Waals surface area (Å²) in [4.78, 5) is 4.50. The Labute approximate surface area is 92.1 Å². The van der Waals surface area contributed by atoms with Crippen molar-refractivity contribution < 1.29 is 0 Å². The maximum absolute atomic E-state index is 4.50. The molecule has 1 aliphatic rings. The molecule has 1 saturated heterocycles. The molecule has 1 aromatic heterocycles. The van der Waals surface area contributed by atoms with Gasteiger partial charge in [-0.2, -0.15) is 0 Å². The van der Waals surface area contributed by atoms with Crippen molar-refractivity contribution in [3.63, 3.8) is 0 Å². The van der Waals surface area contributed by atoms with E-state index in [1.165, 1.54) is 37.1 Å². The molecule has 0 aliphatic carbocycles. The lowest BCUT2D eigenvalue weighted by atomic mass is 10.00. The van der Waals surface area contributed by atoms with E-state index in [1.807, 2.05) is 6.20 Å². The first-order valence-corrected chi connectivity index (χ1v) is 6.05. The van der Waals surface area contributed by atoms with Gasteiger partial charge in [0.2, 0.25) is 0 Å². The number of rotatable bonds is 3. The van der Waals surface area contributed by atoms with Crippen LogP contribution in [0.3, 0.4) is 0 Å². The Bertz CT molecular complexity index is 286. The van der Waals surface area contributed by atoms with Gasteiger partial charge in [0.05, 0.1) is 0 Å². The minimum Gasteiger partial charge on any atom is -0.314 e. The van der Waals surface area contributed by atoms with Crippen molar-refractivity contribution in [2.45, 2.75) is 45.1 Å². The topological polar surface area (TPSA) is 24.9 Å². The molecule has 1 fully saturated rings. The summed E-state index contributed by atoms with van der Waals surface area (Å²) in [5, 5.41) is 3.56. The molecular weight excluding hydrogens is 184 g/mol. The Balaban J connectivity index is 1.91. The molecule has 15 heavy (non-hydrogen) atoms. The van der Waals surface area contributed by atoms with E-state index < -0.39 is 0 Å². The summed E-state index contributed by atoms with van der Waals surface area (Å²) < 4.78 is 0. The van der Waals surface area contributed by atoms with E-state index in [2.05, 4.69) is 29.4 Å². The third-order valence-corrected chi connectivity index (χ3v) is 3.16. The second kappa shape index (κ2) is 5.26. The summed E-state index contributed by atoms with van der Waals surface area (Å²) >= 11 is 0. The van der Waals surface area contributed by atoms with Crippen molar-refractivity contribution in [3.05, 3.63) is 29.6 Å². The van der Waals surface area contributed by atoms with Crippen LogP contribution >= 0.6 is 0 Å². The molecule has 0 unspecified atom stereocenters. The van der Waals surface area contributed by atoms with Crippen molar-refractivity contribution >= 4 is 0 Å². The summed E-state index contributed by atoms with van der Waals surface area (Å²) in [6, 6.07) is 5.03. The molecule has 0 aromatic carbocycles. The quantitative estimate of drug-likeness (QED) is 0.817. The highest BCUT2D eigenvalue weighted by Gasteiger charge is 2.13. The zero-order valence-corrected chi connectivity index (χ0v) is 9.50. The first kappa shape index (κ1) is 10.6. The fourth-order valence-electron chi connectivity index (χ4n) is 2.14. The molecule has 1 aliphatic heterocycles. The summed E-state index contributed by atoms with van der Waals surface area (Å²) in [6.45, 7) is 3.34. The smallest absolute Gasteiger partial charge is 0.0419 e. The monoisotopic (exact) mass is 204 g/mol. The Morgan fingerprint density at radius 2 is 2.33 bits per heavy atom. The molecule has 0 spiro atoms. The molecule has 1 N–H and O–H groups in total. The Morgan fingerprint density at radius 3 is 2.93 bits per heavy atom. The number of hydrogen-bond donors (Lipinski definition) is 1. The average molecular weight is 204 g/mol. The van der Waals surface area contributed by atoms with Crippen LogP contribution in [-0.4, -0.2) is 17.6 Å². The normalized spacial score (nSPS) is 21.5. The molecule has 2 rings (SSSR count). The maximum Gasteiger partial charge on any atom is 0.0419 e. The summed E-state index contributed by atoms with van der Waals surface area (Å²) in [5.74, 6) is 0. The SMILES string of the molecule is CCc1ccc(C[C@H]2CCCCN2)nc1. The van der Waals surface area contributed by atoms with Crippen molar-refractivity contribution in [1.29, 1.82) is 0 Å². The molecule has 82 valence electrons. The third-order valence-electron chi connectivity index (χ3n) is 3.16. The second-order valence-electron chi connectivity index (χ2n) is 4.36. The third kappa shape index (κ3) is 3.03.